The van der Waals surface area contributed by atoms with E-state index in [2.05, 4.69) is 20.3 Å². The summed E-state index contributed by atoms with van der Waals surface area (Å²) in [7, 11) is 0. The van der Waals surface area contributed by atoms with Gasteiger partial charge in [0.15, 0.2) is 5.65 Å². The van der Waals surface area contributed by atoms with E-state index in [1.807, 2.05) is 0 Å². The van der Waals surface area contributed by atoms with Crippen molar-refractivity contribution in [2.75, 3.05) is 18.4 Å². The van der Waals surface area contributed by atoms with Gasteiger partial charge in [-0.3, -0.25) is 4.79 Å². The molecule has 1 aromatic carbocycles. The van der Waals surface area contributed by atoms with E-state index in [4.69, 9.17) is 0 Å². The standard InChI is InChI=1S/C26H27F6N5O/c1-13-18(6-5-7-21(13)25(27,28)29)14(2)33-23-20-12-19(17-8-10-37(11-9-17)16(4)38)22(26(30,31)32)36-24(20)35-15(3)34-23/h5-7,12,14,17H,8-11H2,1-4H3,(H,33,34,35,36). The quantitative estimate of drug-likeness (QED) is 0.380. The van der Waals surface area contributed by atoms with Gasteiger partial charge >= 0.3 is 12.4 Å². The first-order chi connectivity index (χ1) is 17.7. The van der Waals surface area contributed by atoms with E-state index in [9.17, 15) is 31.1 Å². The Morgan fingerprint density at radius 1 is 1.03 bits per heavy atom. The first-order valence-electron chi connectivity index (χ1n) is 12.1. The van der Waals surface area contributed by atoms with Gasteiger partial charge in [0.25, 0.3) is 0 Å². The molecule has 3 aromatic rings. The number of alkyl halides is 6. The normalized spacial score (nSPS) is 16.1. The number of fused-ring (bicyclic) bond motifs is 1. The molecule has 38 heavy (non-hydrogen) atoms. The van der Waals surface area contributed by atoms with Crippen LogP contribution in [0.4, 0.5) is 32.2 Å². The van der Waals surface area contributed by atoms with Crippen molar-refractivity contribution in [3.8, 4) is 0 Å². The van der Waals surface area contributed by atoms with Crippen LogP contribution in [0, 0.1) is 13.8 Å². The molecule has 2 aromatic heterocycles. The van der Waals surface area contributed by atoms with Crippen molar-refractivity contribution in [2.24, 2.45) is 0 Å². The van der Waals surface area contributed by atoms with E-state index >= 15 is 0 Å². The van der Waals surface area contributed by atoms with Crippen LogP contribution in [0.5, 0.6) is 0 Å². The minimum atomic E-state index is -4.73. The molecule has 0 radical (unpaired) electrons. The summed E-state index contributed by atoms with van der Waals surface area (Å²) in [4.78, 5) is 25.6. The molecule has 12 heteroatoms. The zero-order valence-electron chi connectivity index (χ0n) is 21.3. The van der Waals surface area contributed by atoms with Crippen LogP contribution < -0.4 is 5.32 Å². The number of hydrogen-bond donors (Lipinski definition) is 1. The number of carbonyl (C=O) groups is 1. The molecule has 3 heterocycles. The van der Waals surface area contributed by atoms with Crippen LogP contribution in [0.3, 0.4) is 0 Å². The summed E-state index contributed by atoms with van der Waals surface area (Å²) in [5, 5.41) is 3.32. The van der Waals surface area contributed by atoms with Gasteiger partial charge in [-0.2, -0.15) is 26.3 Å². The summed E-state index contributed by atoms with van der Waals surface area (Å²) in [5.41, 5.74) is -1.54. The maximum Gasteiger partial charge on any atom is 0.433 e. The average Bonchev–Trinajstić information content (AvgIpc) is 2.82. The predicted octanol–water partition coefficient (Wildman–Crippen LogP) is 6.58. The molecule has 0 spiro atoms. The fraction of sp³-hybridized carbons (Fsp3) is 0.462. The number of amides is 1. The van der Waals surface area contributed by atoms with Gasteiger partial charge in [0.05, 0.1) is 17.0 Å². The topological polar surface area (TPSA) is 71.0 Å². The van der Waals surface area contributed by atoms with Crippen LogP contribution in [-0.2, 0) is 17.1 Å². The third-order valence-electron chi connectivity index (χ3n) is 6.98. The number of hydrogen-bond acceptors (Lipinski definition) is 5. The maximum absolute atomic E-state index is 14.1. The number of pyridine rings is 1. The predicted molar refractivity (Wildman–Crippen MR) is 130 cm³/mol. The fourth-order valence-corrected chi connectivity index (χ4v) is 5.05. The number of likely N-dealkylation sites (tertiary alicyclic amines) is 1. The Morgan fingerprint density at radius 3 is 2.26 bits per heavy atom. The number of benzene rings is 1. The van der Waals surface area contributed by atoms with Crippen molar-refractivity contribution in [1.82, 2.24) is 19.9 Å². The number of aromatic nitrogens is 3. The first-order valence-corrected chi connectivity index (χ1v) is 12.1. The summed E-state index contributed by atoms with van der Waals surface area (Å²) in [6.45, 7) is 6.62. The number of nitrogens with one attached hydrogen (secondary N) is 1. The van der Waals surface area contributed by atoms with Crippen molar-refractivity contribution in [3.05, 3.63) is 58.0 Å². The number of carbonyl (C=O) groups excluding carboxylic acids is 1. The highest BCUT2D eigenvalue weighted by atomic mass is 19.4. The highest BCUT2D eigenvalue weighted by Crippen LogP contribution is 2.41. The zero-order chi connectivity index (χ0) is 28.0. The van der Waals surface area contributed by atoms with Gasteiger partial charge in [0.1, 0.15) is 17.3 Å². The SMILES string of the molecule is CC(=O)N1CCC(c2cc3c(NC(C)c4cccc(C(F)(F)F)c4C)nc(C)nc3nc2C(F)(F)F)CC1. The average molecular weight is 540 g/mol. The Kier molecular flexibility index (Phi) is 7.28. The summed E-state index contributed by atoms with van der Waals surface area (Å²) in [6, 6.07) is 4.61. The van der Waals surface area contributed by atoms with E-state index in [1.54, 1.807) is 17.9 Å². The lowest BCUT2D eigenvalue weighted by atomic mass is 9.87. The lowest BCUT2D eigenvalue weighted by Gasteiger charge is -2.32. The number of rotatable bonds is 4. The Bertz CT molecular complexity index is 1360. The van der Waals surface area contributed by atoms with Crippen LogP contribution in [0.2, 0.25) is 0 Å². The van der Waals surface area contributed by atoms with Crippen LogP contribution >= 0.6 is 0 Å². The molecular weight excluding hydrogens is 512 g/mol. The van der Waals surface area contributed by atoms with Gasteiger partial charge < -0.3 is 10.2 Å². The molecule has 1 aliphatic heterocycles. The molecule has 204 valence electrons. The summed E-state index contributed by atoms with van der Waals surface area (Å²) >= 11 is 0. The van der Waals surface area contributed by atoms with E-state index in [1.165, 1.54) is 32.9 Å². The van der Waals surface area contributed by atoms with Crippen molar-refractivity contribution < 1.29 is 31.1 Å². The summed E-state index contributed by atoms with van der Waals surface area (Å²) in [6.07, 6.45) is -8.57. The number of halogens is 6. The van der Waals surface area contributed by atoms with Gasteiger partial charge in [-0.05, 0) is 68.4 Å². The van der Waals surface area contributed by atoms with Gasteiger partial charge in [-0.25, -0.2) is 15.0 Å². The van der Waals surface area contributed by atoms with Crippen LogP contribution in [0.15, 0.2) is 24.3 Å². The second kappa shape index (κ2) is 10.0. The molecule has 1 fully saturated rings. The molecule has 1 atom stereocenters. The smallest absolute Gasteiger partial charge is 0.363 e. The second-order valence-corrected chi connectivity index (χ2v) is 9.58. The van der Waals surface area contributed by atoms with E-state index in [-0.39, 0.29) is 39.7 Å². The summed E-state index contributed by atoms with van der Waals surface area (Å²) < 4.78 is 82.5. The molecule has 1 unspecified atom stereocenters. The van der Waals surface area contributed by atoms with Crippen molar-refractivity contribution in [3.63, 3.8) is 0 Å². The summed E-state index contributed by atoms with van der Waals surface area (Å²) in [5.74, 6) is -0.279. The molecule has 6 nitrogen and oxygen atoms in total. The molecule has 0 saturated carbocycles. The minimum absolute atomic E-state index is 0.00777. The highest BCUT2D eigenvalue weighted by molar-refractivity contribution is 5.87. The number of nitrogens with zero attached hydrogens (tertiary/aromatic N) is 4. The fourth-order valence-electron chi connectivity index (χ4n) is 5.05. The molecule has 0 aliphatic carbocycles. The molecule has 4 rings (SSSR count). The molecule has 1 N–H and O–H groups in total. The van der Waals surface area contributed by atoms with Gasteiger partial charge in [-0.1, -0.05) is 12.1 Å². The van der Waals surface area contributed by atoms with E-state index < -0.39 is 35.6 Å². The molecule has 1 saturated heterocycles. The number of anilines is 1. The first kappa shape index (κ1) is 27.6. The largest absolute Gasteiger partial charge is 0.433 e. The van der Waals surface area contributed by atoms with Crippen LogP contribution in [0.25, 0.3) is 11.0 Å². The Morgan fingerprint density at radius 2 is 1.68 bits per heavy atom. The Hall–Kier alpha value is -3.44. The van der Waals surface area contributed by atoms with Crippen molar-refractivity contribution in [2.45, 2.75) is 64.8 Å². The maximum atomic E-state index is 14.1. The van der Waals surface area contributed by atoms with Gasteiger partial charge in [-0.15, -0.1) is 0 Å². The second-order valence-electron chi connectivity index (χ2n) is 9.58. The van der Waals surface area contributed by atoms with Gasteiger partial charge in [0.2, 0.25) is 5.91 Å². The van der Waals surface area contributed by atoms with Crippen molar-refractivity contribution in [1.29, 1.82) is 0 Å². The lowest BCUT2D eigenvalue weighted by molar-refractivity contribution is -0.142. The molecule has 1 amide bonds. The number of piperidine rings is 1. The Balaban J connectivity index is 1.78. The van der Waals surface area contributed by atoms with Crippen molar-refractivity contribution >= 4 is 22.8 Å². The van der Waals surface area contributed by atoms with Gasteiger partial charge in [0, 0.05) is 20.0 Å². The monoisotopic (exact) mass is 539 g/mol. The lowest BCUT2D eigenvalue weighted by Crippen LogP contribution is -2.36. The van der Waals surface area contributed by atoms with Crippen LogP contribution in [-0.4, -0.2) is 38.8 Å². The van der Waals surface area contributed by atoms with Crippen LogP contribution in [0.1, 0.15) is 72.4 Å². The minimum Gasteiger partial charge on any atom is -0.363 e. The zero-order valence-corrected chi connectivity index (χ0v) is 21.3. The third kappa shape index (κ3) is 5.53. The number of aryl methyl sites for hydroxylation is 1. The molecule has 0 bridgehead atoms. The van der Waals surface area contributed by atoms with E-state index in [0.717, 1.165) is 6.07 Å². The van der Waals surface area contributed by atoms with E-state index in [0.29, 0.717) is 31.5 Å². The Labute approximate surface area is 215 Å². The third-order valence-corrected chi connectivity index (χ3v) is 6.98. The highest BCUT2D eigenvalue weighted by Gasteiger charge is 2.39. The molecular formula is C26H27F6N5O. The molecule has 1 aliphatic rings.